The molecule has 2 nitrogen and oxygen atoms in total. The Morgan fingerprint density at radius 2 is 2.06 bits per heavy atom. The lowest BCUT2D eigenvalue weighted by Gasteiger charge is -2.05. The Bertz CT molecular complexity index is 457. The number of rotatable bonds is 5. The van der Waals surface area contributed by atoms with Gasteiger partial charge in [0.2, 0.25) is 0 Å². The summed E-state index contributed by atoms with van der Waals surface area (Å²) < 4.78 is 1.13. The SMILES string of the molecule is Brc1cccc(CNCCc2ccccn2)c1. The predicted octanol–water partition coefficient (Wildman–Crippen LogP) is 3.18. The highest BCUT2D eigenvalue weighted by atomic mass is 79.9. The lowest BCUT2D eigenvalue weighted by molar-refractivity contribution is 0.680. The van der Waals surface area contributed by atoms with E-state index in [1.165, 1.54) is 5.56 Å². The van der Waals surface area contributed by atoms with Gasteiger partial charge >= 0.3 is 0 Å². The van der Waals surface area contributed by atoms with Crippen LogP contribution >= 0.6 is 15.9 Å². The fraction of sp³-hybridized carbons (Fsp3) is 0.214. The van der Waals surface area contributed by atoms with Gasteiger partial charge < -0.3 is 5.32 Å². The van der Waals surface area contributed by atoms with Crippen LogP contribution in [0, 0.1) is 0 Å². The minimum absolute atomic E-state index is 0.895. The Kier molecular flexibility index (Phi) is 4.71. The van der Waals surface area contributed by atoms with Gasteiger partial charge in [-0.25, -0.2) is 0 Å². The first-order valence-corrected chi connectivity index (χ1v) is 6.49. The minimum atomic E-state index is 0.895. The quantitative estimate of drug-likeness (QED) is 0.856. The molecule has 1 aromatic heterocycles. The molecule has 0 spiro atoms. The second-order valence-corrected chi connectivity index (χ2v) is 4.79. The maximum atomic E-state index is 4.29. The Morgan fingerprint density at radius 1 is 1.12 bits per heavy atom. The monoisotopic (exact) mass is 290 g/mol. The van der Waals surface area contributed by atoms with Crippen molar-refractivity contribution in [3.63, 3.8) is 0 Å². The molecule has 0 aliphatic carbocycles. The molecule has 0 aliphatic rings. The number of pyridine rings is 1. The van der Waals surface area contributed by atoms with E-state index in [4.69, 9.17) is 0 Å². The number of hydrogen-bond acceptors (Lipinski definition) is 2. The Morgan fingerprint density at radius 3 is 2.82 bits per heavy atom. The van der Waals surface area contributed by atoms with Gasteiger partial charge in [-0.1, -0.05) is 34.1 Å². The van der Waals surface area contributed by atoms with E-state index in [9.17, 15) is 0 Å². The van der Waals surface area contributed by atoms with E-state index in [0.29, 0.717) is 0 Å². The van der Waals surface area contributed by atoms with Gasteiger partial charge in [0.1, 0.15) is 0 Å². The Hall–Kier alpha value is -1.19. The number of nitrogens with zero attached hydrogens (tertiary/aromatic N) is 1. The van der Waals surface area contributed by atoms with Gasteiger partial charge in [0, 0.05) is 35.9 Å². The van der Waals surface area contributed by atoms with Crippen molar-refractivity contribution < 1.29 is 0 Å². The summed E-state index contributed by atoms with van der Waals surface area (Å²) in [5.74, 6) is 0. The van der Waals surface area contributed by atoms with Crippen LogP contribution < -0.4 is 5.32 Å². The van der Waals surface area contributed by atoms with Crippen molar-refractivity contribution in [2.75, 3.05) is 6.54 Å². The summed E-state index contributed by atoms with van der Waals surface area (Å²) in [5.41, 5.74) is 2.43. The second kappa shape index (κ2) is 6.52. The van der Waals surface area contributed by atoms with Gasteiger partial charge in [0.25, 0.3) is 0 Å². The van der Waals surface area contributed by atoms with E-state index >= 15 is 0 Å². The van der Waals surface area contributed by atoms with Crippen LogP contribution in [0.5, 0.6) is 0 Å². The standard InChI is InChI=1S/C14H15BrN2/c15-13-5-3-4-12(10-13)11-16-9-7-14-6-1-2-8-17-14/h1-6,8,10,16H,7,9,11H2. The Balaban J connectivity index is 1.73. The van der Waals surface area contributed by atoms with Gasteiger partial charge in [-0.15, -0.1) is 0 Å². The molecular weight excluding hydrogens is 276 g/mol. The third-order valence-corrected chi connectivity index (χ3v) is 3.00. The Labute approximate surface area is 110 Å². The van der Waals surface area contributed by atoms with Crippen LogP contribution in [-0.2, 0) is 13.0 Å². The molecule has 0 saturated heterocycles. The molecule has 2 rings (SSSR count). The molecule has 1 aromatic carbocycles. The number of halogens is 1. The van der Waals surface area contributed by atoms with Gasteiger partial charge in [0.05, 0.1) is 0 Å². The minimum Gasteiger partial charge on any atom is -0.312 e. The van der Waals surface area contributed by atoms with Crippen molar-refractivity contribution in [2.45, 2.75) is 13.0 Å². The van der Waals surface area contributed by atoms with Crippen LogP contribution in [0.4, 0.5) is 0 Å². The highest BCUT2D eigenvalue weighted by Gasteiger charge is 1.95. The van der Waals surface area contributed by atoms with Gasteiger partial charge in [-0.3, -0.25) is 4.98 Å². The average Bonchev–Trinajstić information content (AvgIpc) is 2.36. The number of aromatic nitrogens is 1. The zero-order valence-electron chi connectivity index (χ0n) is 9.57. The number of nitrogens with one attached hydrogen (secondary N) is 1. The topological polar surface area (TPSA) is 24.9 Å². The average molecular weight is 291 g/mol. The fourth-order valence-electron chi connectivity index (χ4n) is 1.64. The van der Waals surface area contributed by atoms with E-state index in [0.717, 1.165) is 29.7 Å². The highest BCUT2D eigenvalue weighted by molar-refractivity contribution is 9.10. The second-order valence-electron chi connectivity index (χ2n) is 3.88. The molecule has 0 saturated carbocycles. The van der Waals surface area contributed by atoms with E-state index < -0.39 is 0 Å². The first kappa shape index (κ1) is 12.3. The smallest absolute Gasteiger partial charge is 0.0416 e. The fourth-order valence-corrected chi connectivity index (χ4v) is 2.09. The first-order valence-electron chi connectivity index (χ1n) is 5.70. The van der Waals surface area contributed by atoms with E-state index in [1.807, 2.05) is 24.4 Å². The number of hydrogen-bond donors (Lipinski definition) is 1. The largest absolute Gasteiger partial charge is 0.312 e. The molecule has 3 heteroatoms. The van der Waals surface area contributed by atoms with Crippen LogP contribution in [0.1, 0.15) is 11.3 Å². The maximum absolute atomic E-state index is 4.29. The molecule has 2 aromatic rings. The highest BCUT2D eigenvalue weighted by Crippen LogP contribution is 2.11. The molecule has 0 radical (unpaired) electrons. The van der Waals surface area contributed by atoms with Crippen molar-refractivity contribution in [1.82, 2.24) is 10.3 Å². The molecule has 1 heterocycles. The summed E-state index contributed by atoms with van der Waals surface area (Å²) in [7, 11) is 0. The molecule has 0 fully saturated rings. The van der Waals surface area contributed by atoms with E-state index in [-0.39, 0.29) is 0 Å². The van der Waals surface area contributed by atoms with E-state index in [1.54, 1.807) is 0 Å². The van der Waals surface area contributed by atoms with Crippen molar-refractivity contribution in [1.29, 1.82) is 0 Å². The predicted molar refractivity (Wildman–Crippen MR) is 73.8 cm³/mol. The van der Waals surface area contributed by atoms with Crippen LogP contribution in [0.15, 0.2) is 53.1 Å². The lowest BCUT2D eigenvalue weighted by atomic mass is 10.2. The molecule has 0 unspecified atom stereocenters. The molecule has 88 valence electrons. The van der Waals surface area contributed by atoms with Crippen molar-refractivity contribution in [2.24, 2.45) is 0 Å². The lowest BCUT2D eigenvalue weighted by Crippen LogP contribution is -2.17. The third kappa shape index (κ3) is 4.29. The van der Waals surface area contributed by atoms with Gasteiger partial charge in [0.15, 0.2) is 0 Å². The maximum Gasteiger partial charge on any atom is 0.0416 e. The van der Waals surface area contributed by atoms with Crippen LogP contribution in [-0.4, -0.2) is 11.5 Å². The normalized spacial score (nSPS) is 10.4. The van der Waals surface area contributed by atoms with Crippen molar-refractivity contribution in [3.8, 4) is 0 Å². The third-order valence-electron chi connectivity index (χ3n) is 2.50. The summed E-state index contributed by atoms with van der Waals surface area (Å²) in [5, 5.41) is 3.42. The molecule has 17 heavy (non-hydrogen) atoms. The molecule has 0 atom stereocenters. The van der Waals surface area contributed by atoms with Crippen molar-refractivity contribution >= 4 is 15.9 Å². The summed E-state index contributed by atoms with van der Waals surface area (Å²) in [6, 6.07) is 14.4. The summed E-state index contributed by atoms with van der Waals surface area (Å²) in [4.78, 5) is 4.29. The first-order chi connectivity index (χ1) is 8.34. The summed E-state index contributed by atoms with van der Waals surface area (Å²) >= 11 is 3.47. The molecule has 0 amide bonds. The summed E-state index contributed by atoms with van der Waals surface area (Å²) in [6.07, 6.45) is 2.80. The molecule has 0 bridgehead atoms. The van der Waals surface area contributed by atoms with Crippen LogP contribution in [0.2, 0.25) is 0 Å². The van der Waals surface area contributed by atoms with Gasteiger partial charge in [-0.05, 0) is 29.8 Å². The van der Waals surface area contributed by atoms with Gasteiger partial charge in [-0.2, -0.15) is 0 Å². The molecular formula is C14H15BrN2. The zero-order valence-corrected chi connectivity index (χ0v) is 11.2. The van der Waals surface area contributed by atoms with Crippen molar-refractivity contribution in [3.05, 3.63) is 64.4 Å². The van der Waals surface area contributed by atoms with Crippen LogP contribution in [0.3, 0.4) is 0 Å². The molecule has 0 aliphatic heterocycles. The number of benzene rings is 1. The van der Waals surface area contributed by atoms with Crippen LogP contribution in [0.25, 0.3) is 0 Å². The van der Waals surface area contributed by atoms with E-state index in [2.05, 4.69) is 50.5 Å². The zero-order chi connectivity index (χ0) is 11.9. The molecule has 1 N–H and O–H groups in total. The summed E-state index contributed by atoms with van der Waals surface area (Å²) in [6.45, 7) is 1.84.